The second kappa shape index (κ2) is 8.52. The fourth-order valence-electron chi connectivity index (χ4n) is 2.17. The van der Waals surface area contributed by atoms with Crippen molar-refractivity contribution in [1.29, 1.82) is 0 Å². The van der Waals surface area contributed by atoms with E-state index in [-0.39, 0.29) is 23.4 Å². The summed E-state index contributed by atoms with van der Waals surface area (Å²) in [6.45, 7) is 4.12. The van der Waals surface area contributed by atoms with E-state index in [0.29, 0.717) is 12.0 Å². The Kier molecular flexibility index (Phi) is 7.02. The fraction of sp³-hybridized carbons (Fsp3) is 0.562. The van der Waals surface area contributed by atoms with Gasteiger partial charge in [0.1, 0.15) is 0 Å². The lowest BCUT2D eigenvalue weighted by atomic mass is 10.0. The Morgan fingerprint density at radius 2 is 2.00 bits per heavy atom. The molecule has 0 radical (unpaired) electrons. The summed E-state index contributed by atoms with van der Waals surface area (Å²) in [4.78, 5) is 12.0. The number of hydrogen-bond donors (Lipinski definition) is 4. The Hall–Kier alpha value is -1.75. The van der Waals surface area contributed by atoms with Gasteiger partial charge in [-0.05, 0) is 37.5 Å². The number of nitrogens with one attached hydrogen (secondary N) is 1. The topological polar surface area (TPSA) is 95.6 Å². The molecule has 21 heavy (non-hydrogen) atoms. The number of carbonyl (C=O) groups is 1. The molecule has 0 aliphatic heterocycles. The van der Waals surface area contributed by atoms with Crippen molar-refractivity contribution in [1.82, 2.24) is 5.32 Å². The summed E-state index contributed by atoms with van der Waals surface area (Å²) < 4.78 is 0. The van der Waals surface area contributed by atoms with Crippen molar-refractivity contribution in [2.24, 2.45) is 5.73 Å². The molecule has 5 N–H and O–H groups in total. The highest BCUT2D eigenvalue weighted by Crippen LogP contribution is 2.25. The lowest BCUT2D eigenvalue weighted by Gasteiger charge is -2.17. The molecule has 0 bridgehead atoms. The van der Waals surface area contributed by atoms with Crippen LogP contribution in [0.5, 0.6) is 11.5 Å². The van der Waals surface area contributed by atoms with Gasteiger partial charge in [0.25, 0.3) is 0 Å². The van der Waals surface area contributed by atoms with E-state index in [2.05, 4.69) is 12.2 Å². The van der Waals surface area contributed by atoms with E-state index in [9.17, 15) is 15.0 Å². The molecule has 5 heteroatoms. The zero-order chi connectivity index (χ0) is 15.8. The maximum Gasteiger partial charge on any atom is 0.237 e. The van der Waals surface area contributed by atoms with E-state index < -0.39 is 6.04 Å². The van der Waals surface area contributed by atoms with Crippen LogP contribution in [0.3, 0.4) is 0 Å². The van der Waals surface area contributed by atoms with Crippen LogP contribution in [0.2, 0.25) is 0 Å². The third-order valence-electron chi connectivity index (χ3n) is 3.46. The first-order valence-corrected chi connectivity index (χ1v) is 7.50. The lowest BCUT2D eigenvalue weighted by Crippen LogP contribution is -2.45. The van der Waals surface area contributed by atoms with Gasteiger partial charge in [0, 0.05) is 6.04 Å². The molecule has 0 saturated carbocycles. The van der Waals surface area contributed by atoms with Crippen molar-refractivity contribution in [2.75, 3.05) is 0 Å². The third kappa shape index (κ3) is 6.04. The van der Waals surface area contributed by atoms with Gasteiger partial charge in [-0.15, -0.1) is 0 Å². The molecular weight excluding hydrogens is 268 g/mol. The first-order chi connectivity index (χ1) is 9.93. The summed E-state index contributed by atoms with van der Waals surface area (Å²) in [5.41, 5.74) is 6.60. The van der Waals surface area contributed by atoms with E-state index in [1.54, 1.807) is 6.07 Å². The Morgan fingerprint density at radius 3 is 2.62 bits per heavy atom. The molecule has 2 atom stereocenters. The molecule has 0 aliphatic rings. The van der Waals surface area contributed by atoms with Crippen molar-refractivity contribution in [3.05, 3.63) is 23.8 Å². The number of aromatic hydroxyl groups is 2. The van der Waals surface area contributed by atoms with Gasteiger partial charge < -0.3 is 21.3 Å². The van der Waals surface area contributed by atoms with Gasteiger partial charge in [0.2, 0.25) is 5.91 Å². The van der Waals surface area contributed by atoms with Crippen molar-refractivity contribution in [3.8, 4) is 11.5 Å². The van der Waals surface area contributed by atoms with Gasteiger partial charge in [-0.3, -0.25) is 4.79 Å². The van der Waals surface area contributed by atoms with Crippen molar-refractivity contribution in [2.45, 2.75) is 58.0 Å². The number of rotatable bonds is 8. The highest BCUT2D eigenvalue weighted by molar-refractivity contribution is 5.82. The Balaban J connectivity index is 2.44. The fourth-order valence-corrected chi connectivity index (χ4v) is 2.17. The molecule has 1 unspecified atom stereocenters. The molecule has 118 valence electrons. The number of phenols is 2. The Bertz CT molecular complexity index is 463. The first-order valence-electron chi connectivity index (χ1n) is 7.50. The van der Waals surface area contributed by atoms with Gasteiger partial charge >= 0.3 is 0 Å². The van der Waals surface area contributed by atoms with Gasteiger partial charge in [0.15, 0.2) is 11.5 Å². The summed E-state index contributed by atoms with van der Waals surface area (Å²) in [6.07, 6.45) is 4.69. The zero-order valence-corrected chi connectivity index (χ0v) is 12.8. The van der Waals surface area contributed by atoms with Gasteiger partial charge in [-0.1, -0.05) is 32.3 Å². The molecule has 5 nitrogen and oxygen atoms in total. The molecule has 1 aromatic rings. The predicted octanol–water partition coefficient (Wildman–Crippen LogP) is 2.05. The highest BCUT2D eigenvalue weighted by atomic mass is 16.3. The first kappa shape index (κ1) is 17.3. The molecule has 0 aliphatic carbocycles. The van der Waals surface area contributed by atoms with Crippen molar-refractivity contribution in [3.63, 3.8) is 0 Å². The smallest absolute Gasteiger partial charge is 0.237 e. The van der Waals surface area contributed by atoms with Crippen LogP contribution in [0.4, 0.5) is 0 Å². The number of benzene rings is 1. The van der Waals surface area contributed by atoms with Crippen LogP contribution in [0.25, 0.3) is 0 Å². The predicted molar refractivity (Wildman–Crippen MR) is 83.2 cm³/mol. The second-order valence-electron chi connectivity index (χ2n) is 5.54. The van der Waals surface area contributed by atoms with Crippen LogP contribution < -0.4 is 11.1 Å². The molecule has 0 aromatic heterocycles. The minimum absolute atomic E-state index is 0.114. The summed E-state index contributed by atoms with van der Waals surface area (Å²) in [7, 11) is 0. The lowest BCUT2D eigenvalue weighted by molar-refractivity contribution is -0.123. The van der Waals surface area contributed by atoms with E-state index in [1.807, 2.05) is 6.92 Å². The number of phenolic OH excluding ortho intramolecular Hbond substituents is 2. The second-order valence-corrected chi connectivity index (χ2v) is 5.54. The van der Waals surface area contributed by atoms with Crippen molar-refractivity contribution < 1.29 is 15.0 Å². The van der Waals surface area contributed by atoms with E-state index in [1.165, 1.54) is 18.6 Å². The third-order valence-corrected chi connectivity index (χ3v) is 3.46. The average Bonchev–Trinajstić information content (AvgIpc) is 2.43. The molecule has 0 fully saturated rings. The molecule has 0 spiro atoms. The number of hydrogen-bond acceptors (Lipinski definition) is 4. The minimum Gasteiger partial charge on any atom is -0.504 e. The van der Waals surface area contributed by atoms with Gasteiger partial charge in [-0.2, -0.15) is 0 Å². The number of carbonyl (C=O) groups excluding carboxylic acids is 1. The van der Waals surface area contributed by atoms with Crippen LogP contribution in [-0.2, 0) is 11.2 Å². The largest absolute Gasteiger partial charge is 0.504 e. The average molecular weight is 294 g/mol. The van der Waals surface area contributed by atoms with Crippen LogP contribution in [-0.4, -0.2) is 28.2 Å². The molecule has 0 saturated heterocycles. The molecule has 0 heterocycles. The quantitative estimate of drug-likeness (QED) is 0.436. The molecular formula is C16H26N2O3. The monoisotopic (exact) mass is 294 g/mol. The normalized spacial score (nSPS) is 13.7. The Morgan fingerprint density at radius 1 is 1.29 bits per heavy atom. The summed E-state index contributed by atoms with van der Waals surface area (Å²) >= 11 is 0. The number of unbranched alkanes of at least 4 members (excludes halogenated alkanes) is 2. The van der Waals surface area contributed by atoms with Crippen LogP contribution >= 0.6 is 0 Å². The van der Waals surface area contributed by atoms with Crippen LogP contribution in [0, 0.1) is 0 Å². The maximum atomic E-state index is 12.0. The highest BCUT2D eigenvalue weighted by Gasteiger charge is 2.16. The molecule has 1 aromatic carbocycles. The van der Waals surface area contributed by atoms with Gasteiger partial charge in [-0.25, -0.2) is 0 Å². The van der Waals surface area contributed by atoms with E-state index in [0.717, 1.165) is 19.3 Å². The van der Waals surface area contributed by atoms with E-state index >= 15 is 0 Å². The maximum absolute atomic E-state index is 12.0. The summed E-state index contributed by atoms with van der Waals surface area (Å²) in [6, 6.07) is 3.91. The van der Waals surface area contributed by atoms with E-state index in [4.69, 9.17) is 5.73 Å². The number of nitrogens with two attached hydrogens (primary N) is 1. The molecule has 1 amide bonds. The minimum atomic E-state index is -0.664. The van der Waals surface area contributed by atoms with Crippen LogP contribution in [0.15, 0.2) is 18.2 Å². The summed E-state index contributed by atoms with van der Waals surface area (Å²) in [5, 5.41) is 21.6. The van der Waals surface area contributed by atoms with Crippen LogP contribution in [0.1, 0.15) is 45.1 Å². The summed E-state index contributed by atoms with van der Waals surface area (Å²) in [5.74, 6) is -0.569. The zero-order valence-electron chi connectivity index (χ0n) is 12.8. The SMILES string of the molecule is CCCCCC(C)NC(=O)[C@@H](N)Cc1ccc(O)c(O)c1. The number of amides is 1. The Labute approximate surface area is 126 Å². The molecule has 1 rings (SSSR count). The standard InChI is InChI=1S/C16H26N2O3/c1-3-4-5-6-11(2)18-16(21)13(17)9-12-7-8-14(19)15(20)10-12/h7-8,10-11,13,19-20H,3-6,9,17H2,1-2H3,(H,18,21)/t11?,13-/m0/s1. The van der Waals surface area contributed by atoms with Gasteiger partial charge in [0.05, 0.1) is 6.04 Å². The van der Waals surface area contributed by atoms with Crippen molar-refractivity contribution >= 4 is 5.91 Å².